The standard InChI is InChI=1S/C12H22N2OS2.ClH/c1-2-5-14(10-3-4-13-8-10)12(15)11-9-16-6-7-17-11;/h10-11,13H,2-9H2,1H3;1H. The van der Waals surface area contributed by atoms with Crippen LogP contribution >= 0.6 is 35.9 Å². The molecule has 0 aromatic heterocycles. The summed E-state index contributed by atoms with van der Waals surface area (Å²) in [5.74, 6) is 3.72. The Hall–Kier alpha value is 0.420. The summed E-state index contributed by atoms with van der Waals surface area (Å²) in [5.41, 5.74) is 0. The molecule has 2 rings (SSSR count). The maximum atomic E-state index is 12.5. The molecule has 0 saturated carbocycles. The molecule has 2 aliphatic rings. The van der Waals surface area contributed by atoms with E-state index < -0.39 is 0 Å². The summed E-state index contributed by atoms with van der Waals surface area (Å²) in [4.78, 5) is 14.7. The van der Waals surface area contributed by atoms with Crippen LogP contribution in [0.15, 0.2) is 0 Å². The highest BCUT2D eigenvalue weighted by molar-refractivity contribution is 8.07. The van der Waals surface area contributed by atoms with Crippen molar-refractivity contribution in [2.45, 2.75) is 31.1 Å². The third-order valence-corrected chi connectivity index (χ3v) is 6.06. The lowest BCUT2D eigenvalue weighted by molar-refractivity contribution is -0.132. The van der Waals surface area contributed by atoms with E-state index in [1.807, 2.05) is 23.5 Å². The molecule has 1 N–H and O–H groups in total. The Bertz CT molecular complexity index is 256. The molecule has 0 radical (unpaired) electrons. The van der Waals surface area contributed by atoms with E-state index in [4.69, 9.17) is 0 Å². The molecule has 3 nitrogen and oxygen atoms in total. The van der Waals surface area contributed by atoms with Gasteiger partial charge in [-0.1, -0.05) is 6.92 Å². The quantitative estimate of drug-likeness (QED) is 0.859. The summed E-state index contributed by atoms with van der Waals surface area (Å²) >= 11 is 3.78. The van der Waals surface area contributed by atoms with Crippen molar-refractivity contribution in [3.8, 4) is 0 Å². The number of carbonyl (C=O) groups excluding carboxylic acids is 1. The zero-order chi connectivity index (χ0) is 12.1. The fourth-order valence-corrected chi connectivity index (χ4v) is 5.05. The number of hydrogen-bond acceptors (Lipinski definition) is 4. The van der Waals surface area contributed by atoms with E-state index >= 15 is 0 Å². The van der Waals surface area contributed by atoms with Crippen molar-refractivity contribution in [1.82, 2.24) is 10.2 Å². The van der Waals surface area contributed by atoms with E-state index in [1.54, 1.807) is 0 Å². The Morgan fingerprint density at radius 2 is 2.28 bits per heavy atom. The van der Waals surface area contributed by atoms with Gasteiger partial charge in [0.1, 0.15) is 0 Å². The van der Waals surface area contributed by atoms with Crippen LogP contribution in [0.25, 0.3) is 0 Å². The second-order valence-electron chi connectivity index (χ2n) is 4.61. The van der Waals surface area contributed by atoms with Gasteiger partial charge >= 0.3 is 0 Å². The zero-order valence-corrected chi connectivity index (χ0v) is 13.3. The van der Waals surface area contributed by atoms with Crippen molar-refractivity contribution in [3.63, 3.8) is 0 Å². The van der Waals surface area contributed by atoms with Crippen LogP contribution in [0.3, 0.4) is 0 Å². The molecule has 2 aliphatic heterocycles. The van der Waals surface area contributed by atoms with Gasteiger partial charge in [-0.3, -0.25) is 4.79 Å². The molecule has 18 heavy (non-hydrogen) atoms. The summed E-state index contributed by atoms with van der Waals surface area (Å²) < 4.78 is 0. The third kappa shape index (κ3) is 4.22. The van der Waals surface area contributed by atoms with Gasteiger partial charge in [0.25, 0.3) is 0 Å². The monoisotopic (exact) mass is 310 g/mol. The van der Waals surface area contributed by atoms with E-state index in [0.29, 0.717) is 11.9 Å². The Kier molecular flexibility index (Phi) is 7.84. The molecule has 2 unspecified atom stereocenters. The van der Waals surface area contributed by atoms with Crippen molar-refractivity contribution >= 4 is 41.8 Å². The van der Waals surface area contributed by atoms with E-state index in [1.165, 1.54) is 5.75 Å². The predicted octanol–water partition coefficient (Wildman–Crippen LogP) is 1.86. The molecular weight excluding hydrogens is 288 g/mol. The fraction of sp³-hybridized carbons (Fsp3) is 0.917. The largest absolute Gasteiger partial charge is 0.337 e. The van der Waals surface area contributed by atoms with E-state index in [9.17, 15) is 4.79 Å². The summed E-state index contributed by atoms with van der Waals surface area (Å²) in [6.45, 7) is 5.12. The topological polar surface area (TPSA) is 32.3 Å². The molecule has 2 saturated heterocycles. The first-order valence-corrected chi connectivity index (χ1v) is 8.73. The lowest BCUT2D eigenvalue weighted by Gasteiger charge is -2.32. The molecule has 1 amide bonds. The molecule has 2 atom stereocenters. The van der Waals surface area contributed by atoms with Crippen LogP contribution in [-0.2, 0) is 4.79 Å². The second-order valence-corrected chi connectivity index (χ2v) is 7.07. The summed E-state index contributed by atoms with van der Waals surface area (Å²) in [6, 6.07) is 0.440. The smallest absolute Gasteiger partial charge is 0.236 e. The number of nitrogens with one attached hydrogen (secondary N) is 1. The van der Waals surface area contributed by atoms with Gasteiger partial charge in [-0.2, -0.15) is 11.8 Å². The van der Waals surface area contributed by atoms with Crippen molar-refractivity contribution < 1.29 is 4.79 Å². The Morgan fingerprint density at radius 3 is 2.83 bits per heavy atom. The predicted molar refractivity (Wildman–Crippen MR) is 84.1 cm³/mol. The van der Waals surface area contributed by atoms with Crippen molar-refractivity contribution in [3.05, 3.63) is 0 Å². The van der Waals surface area contributed by atoms with Crippen LogP contribution in [0.1, 0.15) is 19.8 Å². The summed E-state index contributed by atoms with van der Waals surface area (Å²) in [5, 5.41) is 3.57. The van der Waals surface area contributed by atoms with Crippen molar-refractivity contribution in [1.29, 1.82) is 0 Å². The van der Waals surface area contributed by atoms with Gasteiger partial charge in [0.2, 0.25) is 5.91 Å². The fourth-order valence-electron chi connectivity index (χ4n) is 2.43. The van der Waals surface area contributed by atoms with Gasteiger partial charge in [0, 0.05) is 36.4 Å². The first kappa shape index (κ1) is 16.5. The van der Waals surface area contributed by atoms with Crippen LogP contribution < -0.4 is 5.32 Å². The van der Waals surface area contributed by atoms with Gasteiger partial charge in [-0.05, 0) is 19.4 Å². The normalized spacial score (nSPS) is 27.6. The maximum Gasteiger partial charge on any atom is 0.236 e. The van der Waals surface area contributed by atoms with Crippen LogP contribution in [0.2, 0.25) is 0 Å². The average molecular weight is 311 g/mol. The molecule has 0 aromatic rings. The van der Waals surface area contributed by atoms with Gasteiger partial charge in [-0.15, -0.1) is 24.2 Å². The average Bonchev–Trinajstić information content (AvgIpc) is 2.90. The summed E-state index contributed by atoms with van der Waals surface area (Å²) in [7, 11) is 0. The summed E-state index contributed by atoms with van der Waals surface area (Å²) in [6.07, 6.45) is 2.18. The first-order valence-electron chi connectivity index (χ1n) is 6.53. The number of halogens is 1. The number of carbonyl (C=O) groups is 1. The second kappa shape index (κ2) is 8.56. The molecule has 0 aromatic carbocycles. The van der Waals surface area contributed by atoms with Crippen LogP contribution in [0.4, 0.5) is 0 Å². The zero-order valence-electron chi connectivity index (χ0n) is 10.9. The highest BCUT2D eigenvalue weighted by Gasteiger charge is 2.31. The van der Waals surface area contributed by atoms with Gasteiger partial charge in [0.15, 0.2) is 0 Å². The molecule has 0 spiro atoms. The lowest BCUT2D eigenvalue weighted by Crippen LogP contribution is -2.47. The van der Waals surface area contributed by atoms with Gasteiger partial charge < -0.3 is 10.2 Å². The number of hydrogen-bond donors (Lipinski definition) is 1. The van der Waals surface area contributed by atoms with Gasteiger partial charge in [-0.25, -0.2) is 0 Å². The molecular formula is C12H23ClN2OS2. The molecule has 106 valence electrons. The van der Waals surface area contributed by atoms with E-state index in [0.717, 1.165) is 44.0 Å². The number of amides is 1. The van der Waals surface area contributed by atoms with Crippen LogP contribution in [0, 0.1) is 0 Å². The van der Waals surface area contributed by atoms with Crippen LogP contribution in [0.5, 0.6) is 0 Å². The highest BCUT2D eigenvalue weighted by atomic mass is 35.5. The maximum absolute atomic E-state index is 12.5. The Morgan fingerprint density at radius 1 is 1.44 bits per heavy atom. The molecule has 2 fully saturated rings. The number of nitrogens with zero attached hydrogens (tertiary/aromatic N) is 1. The molecule has 6 heteroatoms. The van der Waals surface area contributed by atoms with Gasteiger partial charge in [0.05, 0.1) is 5.25 Å². The minimum atomic E-state index is 0. The first-order chi connectivity index (χ1) is 8.33. The lowest BCUT2D eigenvalue weighted by atomic mass is 10.2. The Balaban J connectivity index is 0.00000162. The molecule has 2 heterocycles. The molecule has 0 bridgehead atoms. The molecule has 0 aliphatic carbocycles. The SMILES string of the molecule is CCCN(C(=O)C1CSCCS1)C1CCNC1.Cl. The minimum Gasteiger partial charge on any atom is -0.337 e. The Labute approximate surface area is 125 Å². The highest BCUT2D eigenvalue weighted by Crippen LogP contribution is 2.26. The van der Waals surface area contributed by atoms with Crippen molar-refractivity contribution in [2.75, 3.05) is 36.9 Å². The van der Waals surface area contributed by atoms with E-state index in [2.05, 4.69) is 17.1 Å². The number of rotatable bonds is 4. The number of thioether (sulfide) groups is 2. The van der Waals surface area contributed by atoms with Crippen LogP contribution in [-0.4, -0.2) is 59.0 Å². The van der Waals surface area contributed by atoms with Crippen molar-refractivity contribution in [2.24, 2.45) is 0 Å². The third-order valence-electron chi connectivity index (χ3n) is 3.31. The minimum absolute atomic E-state index is 0. The van der Waals surface area contributed by atoms with E-state index in [-0.39, 0.29) is 17.7 Å².